The Morgan fingerprint density at radius 2 is 2.00 bits per heavy atom. The van der Waals surface area contributed by atoms with Gasteiger partial charge < -0.3 is 4.90 Å². The van der Waals surface area contributed by atoms with Gasteiger partial charge in [0, 0.05) is 18.9 Å². The van der Waals surface area contributed by atoms with Gasteiger partial charge in [-0.15, -0.1) is 0 Å². The van der Waals surface area contributed by atoms with Crippen LogP contribution in [0.2, 0.25) is 0 Å². The summed E-state index contributed by atoms with van der Waals surface area (Å²) in [5, 5.41) is 0. The van der Waals surface area contributed by atoms with Gasteiger partial charge in [-0.2, -0.15) is 13.2 Å². The van der Waals surface area contributed by atoms with Gasteiger partial charge in [0.05, 0.1) is 17.8 Å². The summed E-state index contributed by atoms with van der Waals surface area (Å²) >= 11 is 0. The van der Waals surface area contributed by atoms with Gasteiger partial charge in [0.15, 0.2) is 0 Å². The van der Waals surface area contributed by atoms with Gasteiger partial charge in [0.25, 0.3) is 5.91 Å². The van der Waals surface area contributed by atoms with E-state index < -0.39 is 23.7 Å². The van der Waals surface area contributed by atoms with Gasteiger partial charge in [0.1, 0.15) is 5.69 Å². The number of rotatable bonds is 2. The molecule has 1 unspecified atom stereocenters. The standard InChI is InChI=1S/C16H14F3N3O/c17-16(18,19)12-5-2-1-4-11(12)14-6-3-9-22(14)15(23)13-10-20-7-8-21-13/h1-2,4-5,7-8,10,14H,3,6,9H2. The lowest BCUT2D eigenvalue weighted by Gasteiger charge is -2.27. The zero-order valence-electron chi connectivity index (χ0n) is 12.1. The number of halogens is 3. The first-order chi connectivity index (χ1) is 11.0. The van der Waals surface area contributed by atoms with E-state index in [0.29, 0.717) is 19.4 Å². The second-order valence-corrected chi connectivity index (χ2v) is 5.33. The van der Waals surface area contributed by atoms with Crippen molar-refractivity contribution in [2.45, 2.75) is 25.1 Å². The van der Waals surface area contributed by atoms with Gasteiger partial charge >= 0.3 is 6.18 Å². The van der Waals surface area contributed by atoms with Crippen LogP contribution in [0.4, 0.5) is 13.2 Å². The molecular weight excluding hydrogens is 307 g/mol. The molecule has 1 aliphatic heterocycles. The summed E-state index contributed by atoms with van der Waals surface area (Å²) in [5.41, 5.74) is -0.414. The van der Waals surface area contributed by atoms with E-state index in [2.05, 4.69) is 9.97 Å². The number of carbonyl (C=O) groups is 1. The largest absolute Gasteiger partial charge is 0.416 e. The van der Waals surface area contributed by atoms with E-state index in [1.54, 1.807) is 6.07 Å². The van der Waals surface area contributed by atoms with Crippen molar-refractivity contribution in [3.63, 3.8) is 0 Å². The summed E-state index contributed by atoms with van der Waals surface area (Å²) in [6, 6.07) is 4.82. The molecule has 0 radical (unpaired) electrons. The second-order valence-electron chi connectivity index (χ2n) is 5.33. The Morgan fingerprint density at radius 3 is 2.70 bits per heavy atom. The van der Waals surface area contributed by atoms with E-state index in [1.165, 1.54) is 35.6 Å². The van der Waals surface area contributed by atoms with Crippen molar-refractivity contribution in [1.82, 2.24) is 14.9 Å². The third-order valence-corrected chi connectivity index (χ3v) is 3.92. The molecule has 2 heterocycles. The molecule has 4 nitrogen and oxygen atoms in total. The van der Waals surface area contributed by atoms with Crippen molar-refractivity contribution in [2.75, 3.05) is 6.54 Å². The van der Waals surface area contributed by atoms with E-state index >= 15 is 0 Å². The SMILES string of the molecule is O=C(c1cnccn1)N1CCCC1c1ccccc1C(F)(F)F. The number of likely N-dealkylation sites (tertiary alicyclic amines) is 1. The van der Waals surface area contributed by atoms with E-state index in [9.17, 15) is 18.0 Å². The minimum Gasteiger partial charge on any atom is -0.330 e. The first kappa shape index (κ1) is 15.5. The van der Waals surface area contributed by atoms with Crippen LogP contribution in [0.3, 0.4) is 0 Å². The molecule has 1 saturated heterocycles. The monoisotopic (exact) mass is 321 g/mol. The number of aromatic nitrogens is 2. The molecule has 0 saturated carbocycles. The molecule has 23 heavy (non-hydrogen) atoms. The number of benzene rings is 1. The normalized spacial score (nSPS) is 18.2. The molecular formula is C16H14F3N3O. The van der Waals surface area contributed by atoms with Crippen LogP contribution in [0.1, 0.15) is 40.5 Å². The average Bonchev–Trinajstić information content (AvgIpc) is 3.03. The second kappa shape index (κ2) is 5.98. The quantitative estimate of drug-likeness (QED) is 0.851. The van der Waals surface area contributed by atoms with Crippen molar-refractivity contribution >= 4 is 5.91 Å². The predicted octanol–water partition coefficient (Wildman–Crippen LogP) is 3.47. The fourth-order valence-corrected chi connectivity index (χ4v) is 2.94. The minimum atomic E-state index is -4.44. The predicted molar refractivity (Wildman–Crippen MR) is 76.5 cm³/mol. The summed E-state index contributed by atoms with van der Waals surface area (Å²) in [6.07, 6.45) is 0.870. The van der Waals surface area contributed by atoms with Gasteiger partial charge in [-0.05, 0) is 24.5 Å². The number of hydrogen-bond acceptors (Lipinski definition) is 3. The number of nitrogens with zero attached hydrogens (tertiary/aromatic N) is 3. The molecule has 2 aromatic rings. The molecule has 1 atom stereocenters. The third-order valence-electron chi connectivity index (χ3n) is 3.92. The van der Waals surface area contributed by atoms with Crippen LogP contribution in [-0.4, -0.2) is 27.3 Å². The Morgan fingerprint density at radius 1 is 1.22 bits per heavy atom. The Kier molecular flexibility index (Phi) is 4.02. The molecule has 0 bridgehead atoms. The Balaban J connectivity index is 1.96. The lowest BCUT2D eigenvalue weighted by molar-refractivity contribution is -0.138. The van der Waals surface area contributed by atoms with Gasteiger partial charge in [-0.25, -0.2) is 4.98 Å². The van der Waals surface area contributed by atoms with Gasteiger partial charge in [0.2, 0.25) is 0 Å². The first-order valence-corrected chi connectivity index (χ1v) is 7.21. The molecule has 3 rings (SSSR count). The van der Waals surface area contributed by atoms with Crippen LogP contribution in [0.5, 0.6) is 0 Å². The zero-order valence-corrected chi connectivity index (χ0v) is 12.1. The van der Waals surface area contributed by atoms with Crippen LogP contribution in [-0.2, 0) is 6.18 Å². The maximum atomic E-state index is 13.2. The van der Waals surface area contributed by atoms with E-state index in [-0.39, 0.29) is 11.3 Å². The smallest absolute Gasteiger partial charge is 0.330 e. The lowest BCUT2D eigenvalue weighted by atomic mass is 9.98. The molecule has 0 aliphatic carbocycles. The van der Waals surface area contributed by atoms with Crippen LogP contribution in [0.15, 0.2) is 42.9 Å². The highest BCUT2D eigenvalue weighted by Crippen LogP contribution is 2.40. The number of carbonyl (C=O) groups excluding carboxylic acids is 1. The molecule has 1 amide bonds. The first-order valence-electron chi connectivity index (χ1n) is 7.21. The average molecular weight is 321 g/mol. The molecule has 0 N–H and O–H groups in total. The maximum absolute atomic E-state index is 13.2. The summed E-state index contributed by atoms with van der Waals surface area (Å²) in [6.45, 7) is 0.409. The number of amides is 1. The Bertz CT molecular complexity index is 703. The van der Waals surface area contributed by atoms with Crippen LogP contribution in [0.25, 0.3) is 0 Å². The molecule has 1 aliphatic rings. The molecule has 120 valence electrons. The van der Waals surface area contributed by atoms with Gasteiger partial charge in [-0.1, -0.05) is 18.2 Å². The highest BCUT2D eigenvalue weighted by molar-refractivity contribution is 5.92. The molecule has 1 fully saturated rings. The minimum absolute atomic E-state index is 0.134. The topological polar surface area (TPSA) is 46.1 Å². The molecule has 1 aromatic heterocycles. The van der Waals surface area contributed by atoms with Crippen molar-refractivity contribution in [1.29, 1.82) is 0 Å². The van der Waals surface area contributed by atoms with Crippen molar-refractivity contribution in [3.8, 4) is 0 Å². The van der Waals surface area contributed by atoms with E-state index in [1.807, 2.05) is 0 Å². The highest BCUT2D eigenvalue weighted by atomic mass is 19.4. The van der Waals surface area contributed by atoms with Crippen molar-refractivity contribution < 1.29 is 18.0 Å². The summed E-state index contributed by atoms with van der Waals surface area (Å²) < 4.78 is 39.7. The van der Waals surface area contributed by atoms with Crippen LogP contribution < -0.4 is 0 Å². The molecule has 0 spiro atoms. The molecule has 7 heteroatoms. The van der Waals surface area contributed by atoms with Crippen LogP contribution in [0, 0.1) is 0 Å². The fraction of sp³-hybridized carbons (Fsp3) is 0.312. The van der Waals surface area contributed by atoms with Crippen molar-refractivity contribution in [2.24, 2.45) is 0 Å². The number of alkyl halides is 3. The third kappa shape index (κ3) is 3.04. The molecule has 1 aromatic carbocycles. The highest BCUT2D eigenvalue weighted by Gasteiger charge is 2.39. The summed E-state index contributed by atoms with van der Waals surface area (Å²) in [7, 11) is 0. The van der Waals surface area contributed by atoms with E-state index in [0.717, 1.165) is 6.07 Å². The van der Waals surface area contributed by atoms with Gasteiger partial charge in [-0.3, -0.25) is 9.78 Å². The van der Waals surface area contributed by atoms with Crippen molar-refractivity contribution in [3.05, 3.63) is 59.7 Å². The zero-order chi connectivity index (χ0) is 16.4. The Labute approximate surface area is 131 Å². The van der Waals surface area contributed by atoms with Crippen LogP contribution >= 0.6 is 0 Å². The fourth-order valence-electron chi connectivity index (χ4n) is 2.94. The maximum Gasteiger partial charge on any atom is 0.416 e. The Hall–Kier alpha value is -2.44. The van der Waals surface area contributed by atoms with E-state index in [4.69, 9.17) is 0 Å². The lowest BCUT2D eigenvalue weighted by Crippen LogP contribution is -2.32. The number of hydrogen-bond donors (Lipinski definition) is 0. The summed E-state index contributed by atoms with van der Waals surface area (Å²) in [5.74, 6) is -0.391. The summed E-state index contributed by atoms with van der Waals surface area (Å²) in [4.78, 5) is 21.8.